The second kappa shape index (κ2) is 16.0. The molecule has 288 valence electrons. The van der Waals surface area contributed by atoms with Gasteiger partial charge in [0.1, 0.15) is 23.3 Å². The first-order valence-corrected chi connectivity index (χ1v) is 18.4. The lowest BCUT2D eigenvalue weighted by Gasteiger charge is -2.30. The highest BCUT2D eigenvalue weighted by Crippen LogP contribution is 2.30. The lowest BCUT2D eigenvalue weighted by atomic mass is 9.98. The van der Waals surface area contributed by atoms with Crippen molar-refractivity contribution >= 4 is 46.5 Å². The SMILES string of the molecule is CC1CCC(C(=O)OCC(=O)c2ccc(-c3ccc4cc(C(=O)COC(=O)C5CCC(C)N5C(=O)OC(C)(C)C)ccc4c3)cc2)N1C(=O)OC(C)(C)C. The summed E-state index contributed by atoms with van der Waals surface area (Å²) in [4.78, 5) is 80.1. The standard InChI is InChI=1S/C42H50N2O10/c1-25-9-19-33(43(25)39(49)53-41(3,4)5)37(47)51-23-35(45)28-13-11-27(12-14-28)29-15-16-31-22-32(18-17-30(31)21-29)36(46)24-52-38(48)34-20-10-26(2)44(34)40(50)54-42(6,7)8/h11-18,21-22,25-26,33-34H,9-10,19-20,23-24H2,1-8H3. The van der Waals surface area contributed by atoms with Crippen LogP contribution in [0.5, 0.6) is 0 Å². The fourth-order valence-corrected chi connectivity index (χ4v) is 6.76. The maximum Gasteiger partial charge on any atom is 0.411 e. The number of ketones is 2. The van der Waals surface area contributed by atoms with Gasteiger partial charge in [0, 0.05) is 23.2 Å². The Labute approximate surface area is 316 Å². The van der Waals surface area contributed by atoms with Crippen LogP contribution in [0.1, 0.15) is 102 Å². The van der Waals surface area contributed by atoms with Gasteiger partial charge in [-0.1, -0.05) is 48.5 Å². The molecule has 12 heteroatoms. The van der Waals surface area contributed by atoms with Crippen LogP contribution in [0.3, 0.4) is 0 Å². The van der Waals surface area contributed by atoms with Gasteiger partial charge in [0.25, 0.3) is 0 Å². The van der Waals surface area contributed by atoms with Gasteiger partial charge in [-0.3, -0.25) is 19.4 Å². The van der Waals surface area contributed by atoms with Crippen LogP contribution in [0.15, 0.2) is 60.7 Å². The number of rotatable bonds is 9. The second-order valence-corrected chi connectivity index (χ2v) is 16.1. The molecular weight excluding hydrogens is 692 g/mol. The molecule has 2 heterocycles. The molecule has 54 heavy (non-hydrogen) atoms. The van der Waals surface area contributed by atoms with Crippen LogP contribution in [0, 0.1) is 0 Å². The van der Waals surface area contributed by atoms with Gasteiger partial charge in [-0.25, -0.2) is 19.2 Å². The number of carbonyl (C=O) groups excluding carboxylic acids is 6. The molecule has 0 bridgehead atoms. The van der Waals surface area contributed by atoms with Crippen LogP contribution in [-0.2, 0) is 28.5 Å². The van der Waals surface area contributed by atoms with Crippen molar-refractivity contribution in [2.45, 2.75) is 116 Å². The van der Waals surface area contributed by atoms with Crippen molar-refractivity contribution in [1.82, 2.24) is 9.80 Å². The Morgan fingerprint density at radius 2 is 0.963 bits per heavy atom. The number of Topliss-reactive ketones (excluding diaryl/α,β-unsaturated/α-hetero) is 2. The summed E-state index contributed by atoms with van der Waals surface area (Å²) in [6.07, 6.45) is 0.940. The summed E-state index contributed by atoms with van der Waals surface area (Å²) in [6, 6.07) is 15.9. The van der Waals surface area contributed by atoms with E-state index in [1.54, 1.807) is 77.9 Å². The van der Waals surface area contributed by atoms with Gasteiger partial charge in [-0.2, -0.15) is 0 Å². The Hall–Kier alpha value is -5.26. The molecule has 5 rings (SSSR count). The average molecular weight is 743 g/mol. The van der Waals surface area contributed by atoms with E-state index in [2.05, 4.69) is 0 Å². The third-order valence-electron chi connectivity index (χ3n) is 9.48. The molecule has 0 aromatic heterocycles. The molecule has 3 aromatic rings. The third-order valence-corrected chi connectivity index (χ3v) is 9.48. The summed E-state index contributed by atoms with van der Waals surface area (Å²) in [7, 11) is 0. The smallest absolute Gasteiger partial charge is 0.411 e. The molecular formula is C42H50N2O10. The van der Waals surface area contributed by atoms with Crippen LogP contribution in [-0.4, -0.2) is 94.1 Å². The van der Waals surface area contributed by atoms with Crippen molar-refractivity contribution in [3.63, 3.8) is 0 Å². The monoisotopic (exact) mass is 742 g/mol. The molecule has 2 aliphatic heterocycles. The van der Waals surface area contributed by atoms with E-state index >= 15 is 0 Å². The van der Waals surface area contributed by atoms with Crippen molar-refractivity contribution in [2.24, 2.45) is 0 Å². The number of benzene rings is 3. The van der Waals surface area contributed by atoms with Crippen LogP contribution in [0.4, 0.5) is 9.59 Å². The molecule has 12 nitrogen and oxygen atoms in total. The molecule has 0 N–H and O–H groups in total. The van der Waals surface area contributed by atoms with Crippen molar-refractivity contribution in [2.75, 3.05) is 13.2 Å². The van der Waals surface area contributed by atoms with E-state index in [9.17, 15) is 28.8 Å². The van der Waals surface area contributed by atoms with Crippen LogP contribution in [0.2, 0.25) is 0 Å². The van der Waals surface area contributed by atoms with E-state index in [1.165, 1.54) is 9.80 Å². The number of carbonyl (C=O) groups is 6. The molecule has 2 amide bonds. The number of esters is 2. The van der Waals surface area contributed by atoms with E-state index in [-0.39, 0.29) is 23.7 Å². The predicted octanol–water partition coefficient (Wildman–Crippen LogP) is 7.53. The molecule has 2 saturated heterocycles. The van der Waals surface area contributed by atoms with E-state index in [0.717, 1.165) is 21.9 Å². The van der Waals surface area contributed by atoms with Gasteiger partial charge >= 0.3 is 24.1 Å². The Bertz CT molecular complexity index is 1920. The summed E-state index contributed by atoms with van der Waals surface area (Å²) in [5.41, 5.74) is 1.08. The number of amides is 2. The summed E-state index contributed by atoms with van der Waals surface area (Å²) in [5.74, 6) is -2.01. The van der Waals surface area contributed by atoms with Crippen molar-refractivity contribution in [3.8, 4) is 11.1 Å². The third kappa shape index (κ3) is 9.64. The summed E-state index contributed by atoms with van der Waals surface area (Å²) < 4.78 is 21.7. The Morgan fingerprint density at radius 3 is 1.44 bits per heavy atom. The zero-order valence-corrected chi connectivity index (χ0v) is 32.3. The first kappa shape index (κ1) is 39.9. The maximum atomic E-state index is 13.0. The van der Waals surface area contributed by atoms with Crippen molar-refractivity contribution < 1.29 is 47.7 Å². The zero-order valence-electron chi connectivity index (χ0n) is 32.3. The van der Waals surface area contributed by atoms with Crippen LogP contribution < -0.4 is 0 Å². The number of hydrogen-bond acceptors (Lipinski definition) is 10. The second-order valence-electron chi connectivity index (χ2n) is 16.1. The highest BCUT2D eigenvalue weighted by molar-refractivity contribution is 6.02. The number of ether oxygens (including phenoxy) is 4. The average Bonchev–Trinajstić information content (AvgIpc) is 3.69. The number of hydrogen-bond donors (Lipinski definition) is 0. The Morgan fingerprint density at radius 1 is 0.556 bits per heavy atom. The van der Waals surface area contributed by atoms with Gasteiger partial charge in [0.05, 0.1) is 0 Å². The van der Waals surface area contributed by atoms with Gasteiger partial charge in [0.2, 0.25) is 0 Å². The zero-order chi connectivity index (χ0) is 39.5. The largest absolute Gasteiger partial charge is 0.456 e. The van der Waals surface area contributed by atoms with Crippen molar-refractivity contribution in [1.29, 1.82) is 0 Å². The summed E-state index contributed by atoms with van der Waals surface area (Å²) in [6.45, 7) is 13.3. The normalized spacial score (nSPS) is 20.1. The lowest BCUT2D eigenvalue weighted by molar-refractivity contribution is -0.148. The summed E-state index contributed by atoms with van der Waals surface area (Å²) >= 11 is 0. The van der Waals surface area contributed by atoms with E-state index in [1.807, 2.05) is 38.1 Å². The molecule has 0 aliphatic carbocycles. The first-order valence-electron chi connectivity index (χ1n) is 18.4. The van der Waals surface area contributed by atoms with Gasteiger partial charge < -0.3 is 18.9 Å². The summed E-state index contributed by atoms with van der Waals surface area (Å²) in [5, 5.41) is 1.69. The molecule has 0 radical (unpaired) electrons. The Balaban J connectivity index is 1.16. The fraction of sp³-hybridized carbons (Fsp3) is 0.476. The van der Waals surface area contributed by atoms with Gasteiger partial charge in [-0.05, 0) is 115 Å². The molecule has 0 saturated carbocycles. The molecule has 2 aliphatic rings. The minimum absolute atomic E-state index is 0.191. The molecule has 3 aromatic carbocycles. The minimum atomic E-state index is -0.813. The topological polar surface area (TPSA) is 146 Å². The highest BCUT2D eigenvalue weighted by Gasteiger charge is 2.43. The number of fused-ring (bicyclic) bond motifs is 1. The molecule has 4 unspecified atom stereocenters. The van der Waals surface area contributed by atoms with Crippen LogP contribution >= 0.6 is 0 Å². The number of likely N-dealkylation sites (tertiary alicyclic amines) is 2. The maximum absolute atomic E-state index is 13.0. The Kier molecular flexibility index (Phi) is 11.8. The van der Waals surface area contributed by atoms with Crippen LogP contribution in [0.25, 0.3) is 21.9 Å². The predicted molar refractivity (Wildman–Crippen MR) is 201 cm³/mol. The van der Waals surface area contributed by atoms with E-state index < -0.39 is 60.6 Å². The molecule has 2 fully saturated rings. The fourth-order valence-electron chi connectivity index (χ4n) is 6.76. The highest BCUT2D eigenvalue weighted by atomic mass is 16.6. The molecule has 4 atom stereocenters. The first-order chi connectivity index (χ1) is 25.3. The van der Waals surface area contributed by atoms with Gasteiger partial charge in [0.15, 0.2) is 24.8 Å². The van der Waals surface area contributed by atoms with Gasteiger partial charge in [-0.15, -0.1) is 0 Å². The molecule has 0 spiro atoms. The minimum Gasteiger partial charge on any atom is -0.456 e. The quantitative estimate of drug-likeness (QED) is 0.122. The number of nitrogens with zero attached hydrogens (tertiary/aromatic N) is 2. The van der Waals surface area contributed by atoms with Crippen molar-refractivity contribution in [3.05, 3.63) is 71.8 Å². The van der Waals surface area contributed by atoms with E-state index in [4.69, 9.17) is 18.9 Å². The van der Waals surface area contributed by atoms with E-state index in [0.29, 0.717) is 36.8 Å². The lowest BCUT2D eigenvalue weighted by Crippen LogP contribution is -2.47.